The number of nitro benzene ring substituents is 1. The van der Waals surface area contributed by atoms with Crippen molar-refractivity contribution in [3.05, 3.63) is 92.1 Å². The minimum Gasteiger partial charge on any atom is -0.493 e. The highest BCUT2D eigenvalue weighted by Gasteiger charge is 2.12. The number of allylic oxidation sites excluding steroid dienone is 1. The summed E-state index contributed by atoms with van der Waals surface area (Å²) in [5, 5.41) is 31.2. The second-order valence-electron chi connectivity index (χ2n) is 6.10. The molecular weight excluding hydrogens is 404 g/mol. The molecule has 0 aliphatic carbocycles. The highest BCUT2D eigenvalue weighted by molar-refractivity contribution is 5.90. The largest absolute Gasteiger partial charge is 0.493 e. The molecule has 154 valence electrons. The molecule has 0 N–H and O–H groups in total. The summed E-state index contributed by atoms with van der Waals surface area (Å²) in [7, 11) is 1.44. The van der Waals surface area contributed by atoms with Crippen LogP contribution in [0.2, 0.25) is 0 Å². The van der Waals surface area contributed by atoms with E-state index < -0.39 is 9.85 Å². The molecule has 3 rings (SSSR count). The quantitative estimate of drug-likeness (QED) is 0.231. The second-order valence-corrected chi connectivity index (χ2v) is 6.10. The third kappa shape index (κ3) is 4.99. The summed E-state index contributed by atoms with van der Waals surface area (Å²) in [6, 6.07) is 15.3. The van der Waals surface area contributed by atoms with Gasteiger partial charge in [0, 0.05) is 24.3 Å². The van der Waals surface area contributed by atoms with E-state index in [-0.39, 0.29) is 22.8 Å². The average Bonchev–Trinajstić information content (AvgIpc) is 2.78. The van der Waals surface area contributed by atoms with Crippen LogP contribution in [0, 0.1) is 31.6 Å². The molecule has 1 aromatic heterocycles. The van der Waals surface area contributed by atoms with Crippen LogP contribution in [0.5, 0.6) is 17.4 Å². The van der Waals surface area contributed by atoms with Crippen LogP contribution in [-0.2, 0) is 0 Å². The second kappa shape index (κ2) is 9.15. The lowest BCUT2D eigenvalue weighted by Gasteiger charge is -2.10. The van der Waals surface area contributed by atoms with Crippen molar-refractivity contribution in [2.75, 3.05) is 7.11 Å². The minimum absolute atomic E-state index is 0.115. The van der Waals surface area contributed by atoms with Gasteiger partial charge in [-0.1, -0.05) is 18.2 Å². The normalized spacial score (nSPS) is 10.8. The molecule has 0 aliphatic rings. The molecule has 10 nitrogen and oxygen atoms in total. The first-order valence-corrected chi connectivity index (χ1v) is 8.74. The van der Waals surface area contributed by atoms with E-state index in [2.05, 4.69) is 4.98 Å². The highest BCUT2D eigenvalue weighted by atomic mass is 16.6. The topological polar surface area (TPSA) is 141 Å². The van der Waals surface area contributed by atoms with Gasteiger partial charge >= 0.3 is 0 Å². The zero-order valence-electron chi connectivity index (χ0n) is 16.1. The number of nitro groups is 2. The van der Waals surface area contributed by atoms with E-state index in [1.807, 2.05) is 6.07 Å². The maximum Gasteiger partial charge on any atom is 0.287 e. The fourth-order valence-electron chi connectivity index (χ4n) is 2.65. The fraction of sp³-hybridized carbons (Fsp3) is 0.0476. The molecule has 0 atom stereocenters. The van der Waals surface area contributed by atoms with Crippen LogP contribution in [0.25, 0.3) is 11.6 Å². The van der Waals surface area contributed by atoms with Crippen molar-refractivity contribution in [3.63, 3.8) is 0 Å². The van der Waals surface area contributed by atoms with Crippen molar-refractivity contribution in [3.8, 4) is 23.4 Å². The highest BCUT2D eigenvalue weighted by Crippen LogP contribution is 2.33. The third-order valence-corrected chi connectivity index (χ3v) is 4.13. The summed E-state index contributed by atoms with van der Waals surface area (Å²) in [6.45, 7) is 0. The first-order chi connectivity index (χ1) is 14.9. The van der Waals surface area contributed by atoms with E-state index in [1.54, 1.807) is 30.3 Å². The van der Waals surface area contributed by atoms with Gasteiger partial charge in [0.1, 0.15) is 6.20 Å². The Bertz CT molecular complexity index is 1220. The number of nitrogens with zero attached hydrogens (tertiary/aromatic N) is 4. The molecule has 10 heteroatoms. The molecule has 0 bridgehead atoms. The van der Waals surface area contributed by atoms with Crippen molar-refractivity contribution in [2.45, 2.75) is 0 Å². The van der Waals surface area contributed by atoms with E-state index in [0.717, 1.165) is 6.20 Å². The van der Waals surface area contributed by atoms with Crippen molar-refractivity contribution in [2.24, 2.45) is 0 Å². The Labute approximate surface area is 175 Å². The van der Waals surface area contributed by atoms with Crippen molar-refractivity contribution < 1.29 is 19.3 Å². The lowest BCUT2D eigenvalue weighted by molar-refractivity contribution is -0.385. The maximum atomic E-state index is 11.0. The monoisotopic (exact) mass is 418 g/mol. The number of non-ortho nitro benzene ring substituents is 1. The molecule has 3 aromatic rings. The number of hydrogen-bond acceptors (Lipinski definition) is 8. The molecule has 0 amide bonds. The first kappa shape index (κ1) is 20.9. The zero-order chi connectivity index (χ0) is 22.4. The summed E-state index contributed by atoms with van der Waals surface area (Å²) in [5.74, 6) is 0.793. The summed E-state index contributed by atoms with van der Waals surface area (Å²) in [5.41, 5.74) is 0.965. The molecule has 2 aromatic carbocycles. The molecule has 0 fully saturated rings. The fourth-order valence-corrected chi connectivity index (χ4v) is 2.65. The molecule has 0 spiro atoms. The predicted molar refractivity (Wildman–Crippen MR) is 111 cm³/mol. The van der Waals surface area contributed by atoms with E-state index >= 15 is 0 Å². The number of benzene rings is 2. The number of methoxy groups -OCH3 is 1. The molecule has 1 heterocycles. The molecule has 0 aliphatic heterocycles. The van der Waals surface area contributed by atoms with Gasteiger partial charge in [0.15, 0.2) is 11.5 Å². The minimum atomic E-state index is -0.563. The average molecular weight is 418 g/mol. The van der Waals surface area contributed by atoms with Crippen molar-refractivity contribution in [1.29, 1.82) is 5.26 Å². The lowest BCUT2D eigenvalue weighted by atomic mass is 10.0. The molecule has 31 heavy (non-hydrogen) atoms. The van der Waals surface area contributed by atoms with Gasteiger partial charge in [0.05, 0.1) is 28.6 Å². The van der Waals surface area contributed by atoms with E-state index in [4.69, 9.17) is 9.47 Å². The lowest BCUT2D eigenvalue weighted by Crippen LogP contribution is -1.94. The summed E-state index contributed by atoms with van der Waals surface area (Å²) in [4.78, 5) is 24.5. The third-order valence-electron chi connectivity index (χ3n) is 4.13. The molecular formula is C21H14N4O6. The van der Waals surface area contributed by atoms with Gasteiger partial charge in [0.25, 0.3) is 11.4 Å². The Hall–Kier alpha value is -4.78. The van der Waals surface area contributed by atoms with Crippen molar-refractivity contribution in [1.82, 2.24) is 4.98 Å². The molecule has 0 radical (unpaired) electrons. The summed E-state index contributed by atoms with van der Waals surface area (Å²) < 4.78 is 11.0. The zero-order valence-corrected chi connectivity index (χ0v) is 16.1. The van der Waals surface area contributed by atoms with Crippen LogP contribution in [0.4, 0.5) is 11.4 Å². The molecule has 0 unspecified atom stereocenters. The number of nitriles is 1. The molecule has 0 saturated carbocycles. The van der Waals surface area contributed by atoms with Crippen LogP contribution < -0.4 is 9.47 Å². The maximum absolute atomic E-state index is 11.0. The van der Waals surface area contributed by atoms with Crippen LogP contribution in [0.15, 0.2) is 60.8 Å². The first-order valence-electron chi connectivity index (χ1n) is 8.74. The van der Waals surface area contributed by atoms with Gasteiger partial charge in [-0.3, -0.25) is 20.2 Å². The van der Waals surface area contributed by atoms with E-state index in [9.17, 15) is 25.5 Å². The van der Waals surface area contributed by atoms with Crippen LogP contribution in [0.1, 0.15) is 11.1 Å². The number of rotatable bonds is 7. The smallest absolute Gasteiger partial charge is 0.287 e. The van der Waals surface area contributed by atoms with Crippen LogP contribution in [0.3, 0.4) is 0 Å². The number of hydrogen-bond donors (Lipinski definition) is 0. The summed E-state index contributed by atoms with van der Waals surface area (Å²) in [6.07, 6.45) is 2.65. The summed E-state index contributed by atoms with van der Waals surface area (Å²) >= 11 is 0. The van der Waals surface area contributed by atoms with Gasteiger partial charge in [-0.05, 0) is 29.3 Å². The van der Waals surface area contributed by atoms with E-state index in [1.165, 1.54) is 37.4 Å². The Morgan fingerprint density at radius 1 is 1.03 bits per heavy atom. The van der Waals surface area contributed by atoms with Crippen LogP contribution >= 0.6 is 0 Å². The predicted octanol–water partition coefficient (Wildman–Crippen LogP) is 4.76. The van der Waals surface area contributed by atoms with Crippen molar-refractivity contribution >= 4 is 23.0 Å². The number of pyridine rings is 1. The van der Waals surface area contributed by atoms with Crippen LogP contribution in [-0.4, -0.2) is 21.9 Å². The van der Waals surface area contributed by atoms with Gasteiger partial charge in [0.2, 0.25) is 5.88 Å². The van der Waals surface area contributed by atoms with Gasteiger partial charge < -0.3 is 9.47 Å². The Morgan fingerprint density at radius 2 is 1.81 bits per heavy atom. The Kier molecular flexibility index (Phi) is 6.18. The van der Waals surface area contributed by atoms with Gasteiger partial charge in [-0.25, -0.2) is 4.98 Å². The molecule has 0 saturated heterocycles. The number of ether oxygens (including phenoxy) is 2. The van der Waals surface area contributed by atoms with Gasteiger partial charge in [-0.2, -0.15) is 5.26 Å². The Morgan fingerprint density at radius 3 is 2.42 bits per heavy atom. The van der Waals surface area contributed by atoms with E-state index in [0.29, 0.717) is 22.6 Å². The van der Waals surface area contributed by atoms with Gasteiger partial charge in [-0.15, -0.1) is 0 Å². The SMILES string of the molecule is COc1cc(C=C(C#N)c2cccc([N+](=O)[O-])c2)ccc1Oc1ccc([N+](=O)[O-])cn1. The standard InChI is InChI=1S/C21H14N4O6/c1-30-20-10-14(9-16(12-22)15-3-2-4-17(11-15)24(26)27)5-7-19(20)31-21-8-6-18(13-23-21)25(28)29/h2-11,13H,1H3. The number of aromatic nitrogens is 1. The Balaban J connectivity index is 1.89.